The van der Waals surface area contributed by atoms with Gasteiger partial charge in [-0.3, -0.25) is 14.3 Å². The van der Waals surface area contributed by atoms with Crippen LogP contribution in [0.1, 0.15) is 0 Å². The summed E-state index contributed by atoms with van der Waals surface area (Å²) in [4.78, 5) is 31.5. The monoisotopic (exact) mass is 451 g/mol. The Balaban J connectivity index is 0.000000181. The Kier molecular flexibility index (Phi) is 7.55. The maximum absolute atomic E-state index is 11.5. The summed E-state index contributed by atoms with van der Waals surface area (Å²) in [5.41, 5.74) is 17.7. The zero-order chi connectivity index (χ0) is 23.1. The molecular formula is C16H25N11O5. The molecule has 174 valence electrons. The fourth-order valence-corrected chi connectivity index (χ4v) is 2.77. The van der Waals surface area contributed by atoms with E-state index in [1.54, 1.807) is 9.47 Å². The van der Waals surface area contributed by atoms with E-state index in [-0.39, 0.29) is 63.2 Å². The van der Waals surface area contributed by atoms with E-state index in [1.807, 2.05) is 0 Å². The van der Waals surface area contributed by atoms with Crippen LogP contribution in [0.15, 0.2) is 11.1 Å². The van der Waals surface area contributed by atoms with Gasteiger partial charge in [0.25, 0.3) is 5.56 Å². The van der Waals surface area contributed by atoms with Crippen LogP contribution < -0.4 is 33.0 Å². The number of rotatable bonds is 8. The van der Waals surface area contributed by atoms with Gasteiger partial charge in [0.1, 0.15) is 24.7 Å². The summed E-state index contributed by atoms with van der Waals surface area (Å²) in [6, 6.07) is 0. The standard InChI is InChI=1S/C8H12N6O2.C8H13N5O3/c9-6-5-7(13-8(10)12-6)14(3-11-5)4-16-2-1-15;9-8-11-6-5(7(15)12-8)10-3-13(6)4-16-2-1-14/h3,15H,1-2,4H2,(H4,9,10,12,13);10,14H,1-4H2,(H3,9,11,12,15). The molecule has 0 atom stereocenters. The minimum Gasteiger partial charge on any atom is -0.394 e. The van der Waals surface area contributed by atoms with Gasteiger partial charge in [-0.15, -0.1) is 0 Å². The number of ether oxygens (including phenoxy) is 2. The number of anilines is 5. The maximum Gasteiger partial charge on any atom is 0.277 e. The molecule has 0 amide bonds. The Labute approximate surface area is 181 Å². The molecule has 0 saturated carbocycles. The van der Waals surface area contributed by atoms with E-state index < -0.39 is 0 Å². The number of aromatic amines is 1. The third-order valence-corrected chi connectivity index (χ3v) is 4.12. The molecule has 0 aliphatic carbocycles. The van der Waals surface area contributed by atoms with Crippen molar-refractivity contribution in [3.8, 4) is 0 Å². The molecule has 0 radical (unpaired) electrons. The molecule has 3 aromatic heterocycles. The smallest absolute Gasteiger partial charge is 0.277 e. The van der Waals surface area contributed by atoms with Crippen LogP contribution in [0, 0.1) is 0 Å². The van der Waals surface area contributed by atoms with Crippen molar-refractivity contribution in [3.05, 3.63) is 16.7 Å². The van der Waals surface area contributed by atoms with Gasteiger partial charge in [0.2, 0.25) is 11.9 Å². The van der Waals surface area contributed by atoms with Crippen molar-refractivity contribution >= 4 is 40.4 Å². The van der Waals surface area contributed by atoms with Gasteiger partial charge in [-0.1, -0.05) is 0 Å². The summed E-state index contributed by atoms with van der Waals surface area (Å²) in [7, 11) is 0. The van der Waals surface area contributed by atoms with Crippen molar-refractivity contribution in [2.75, 3.05) is 67.2 Å². The molecule has 0 unspecified atom stereocenters. The fraction of sp³-hybridized carbons (Fsp3) is 0.438. The van der Waals surface area contributed by atoms with Crippen LogP contribution >= 0.6 is 0 Å². The molecule has 0 bridgehead atoms. The topological polar surface area (TPSA) is 242 Å². The highest BCUT2D eigenvalue weighted by molar-refractivity contribution is 5.82. The molecule has 32 heavy (non-hydrogen) atoms. The molecule has 1 aliphatic heterocycles. The number of nitrogen functional groups attached to an aromatic ring is 3. The Morgan fingerprint density at radius 2 is 1.78 bits per heavy atom. The lowest BCUT2D eigenvalue weighted by Gasteiger charge is -2.16. The van der Waals surface area contributed by atoms with E-state index in [4.69, 9.17) is 36.9 Å². The van der Waals surface area contributed by atoms with E-state index in [9.17, 15) is 4.79 Å². The normalized spacial score (nSPS) is 12.4. The van der Waals surface area contributed by atoms with Crippen molar-refractivity contribution in [1.82, 2.24) is 29.5 Å². The minimum absolute atomic E-state index is 0.0358. The van der Waals surface area contributed by atoms with Gasteiger partial charge < -0.3 is 47.1 Å². The summed E-state index contributed by atoms with van der Waals surface area (Å²) < 4.78 is 11.9. The molecule has 3 aromatic rings. The molecule has 0 aromatic carbocycles. The van der Waals surface area contributed by atoms with E-state index in [0.29, 0.717) is 29.3 Å². The lowest BCUT2D eigenvalue weighted by Crippen LogP contribution is -2.27. The first kappa shape index (κ1) is 22.9. The van der Waals surface area contributed by atoms with E-state index in [2.05, 4.69) is 30.2 Å². The number of hydrogen-bond donors (Lipinski definition) is 7. The zero-order valence-corrected chi connectivity index (χ0v) is 17.1. The predicted molar refractivity (Wildman–Crippen MR) is 115 cm³/mol. The largest absolute Gasteiger partial charge is 0.394 e. The highest BCUT2D eigenvalue weighted by Crippen LogP contribution is 2.24. The fourth-order valence-electron chi connectivity index (χ4n) is 2.77. The van der Waals surface area contributed by atoms with Gasteiger partial charge in [-0.05, 0) is 0 Å². The Morgan fingerprint density at radius 1 is 1.06 bits per heavy atom. The first-order valence-electron chi connectivity index (χ1n) is 9.44. The second-order valence-electron chi connectivity index (χ2n) is 6.40. The highest BCUT2D eigenvalue weighted by Gasteiger charge is 2.23. The molecule has 10 N–H and O–H groups in total. The molecule has 4 rings (SSSR count). The number of nitrogens with two attached hydrogens (primary N) is 3. The third kappa shape index (κ3) is 5.30. The Morgan fingerprint density at radius 3 is 2.50 bits per heavy atom. The average Bonchev–Trinajstić information content (AvgIpc) is 3.34. The summed E-state index contributed by atoms with van der Waals surface area (Å²) in [5.74, 6) is 0.871. The second kappa shape index (κ2) is 10.5. The van der Waals surface area contributed by atoms with Crippen LogP contribution in [0.4, 0.5) is 29.2 Å². The number of nitrogens with zero attached hydrogens (tertiary/aromatic N) is 6. The first-order valence-corrected chi connectivity index (χ1v) is 9.44. The first-order chi connectivity index (χ1) is 15.4. The summed E-state index contributed by atoms with van der Waals surface area (Å²) in [6.45, 7) is 1.31. The molecule has 0 spiro atoms. The predicted octanol–water partition coefficient (Wildman–Crippen LogP) is -2.53. The molecular weight excluding hydrogens is 426 g/mol. The summed E-state index contributed by atoms with van der Waals surface area (Å²) in [6.07, 6.45) is 1.53. The van der Waals surface area contributed by atoms with Gasteiger partial charge in [0.15, 0.2) is 17.3 Å². The zero-order valence-electron chi connectivity index (χ0n) is 17.1. The summed E-state index contributed by atoms with van der Waals surface area (Å²) >= 11 is 0. The average molecular weight is 451 g/mol. The SMILES string of the molecule is Nc1nc(N)c2ncn(COCCO)c2n1.Nc1nc2c(c(=O)[nH]1)NCN2COCCO. The number of aliphatic hydroxyl groups is 2. The molecule has 4 heterocycles. The number of H-pyrrole nitrogens is 1. The van der Waals surface area contributed by atoms with Crippen molar-refractivity contribution in [2.45, 2.75) is 6.73 Å². The lowest BCUT2D eigenvalue weighted by atomic mass is 10.5. The molecule has 16 nitrogen and oxygen atoms in total. The summed E-state index contributed by atoms with van der Waals surface area (Å²) in [5, 5.41) is 20.0. The van der Waals surface area contributed by atoms with Gasteiger partial charge in [-0.2, -0.15) is 15.0 Å². The number of aromatic nitrogens is 6. The second-order valence-corrected chi connectivity index (χ2v) is 6.40. The van der Waals surface area contributed by atoms with E-state index in [1.165, 1.54) is 6.33 Å². The van der Waals surface area contributed by atoms with E-state index >= 15 is 0 Å². The highest BCUT2D eigenvalue weighted by atomic mass is 16.5. The van der Waals surface area contributed by atoms with Gasteiger partial charge >= 0.3 is 0 Å². The van der Waals surface area contributed by atoms with E-state index in [0.717, 1.165) is 0 Å². The van der Waals surface area contributed by atoms with Gasteiger partial charge in [0, 0.05) is 0 Å². The van der Waals surface area contributed by atoms with Gasteiger partial charge in [-0.25, -0.2) is 4.98 Å². The quantitative estimate of drug-likeness (QED) is 0.175. The van der Waals surface area contributed by atoms with Crippen molar-refractivity contribution in [3.63, 3.8) is 0 Å². The van der Waals surface area contributed by atoms with Crippen LogP contribution in [0.3, 0.4) is 0 Å². The number of aliphatic hydroxyl groups excluding tert-OH is 2. The van der Waals surface area contributed by atoms with Crippen molar-refractivity contribution in [1.29, 1.82) is 0 Å². The maximum atomic E-state index is 11.5. The minimum atomic E-state index is -0.299. The Hall–Kier alpha value is -3.73. The number of hydrogen-bond acceptors (Lipinski definition) is 14. The van der Waals surface area contributed by atoms with Gasteiger partial charge in [0.05, 0.1) is 39.4 Å². The van der Waals surface area contributed by atoms with Crippen LogP contribution in [-0.4, -0.2) is 79.5 Å². The van der Waals surface area contributed by atoms with Crippen LogP contribution in [0.2, 0.25) is 0 Å². The lowest BCUT2D eigenvalue weighted by molar-refractivity contribution is 0.0499. The molecule has 0 saturated heterocycles. The molecule has 1 aliphatic rings. The molecule has 0 fully saturated rings. The van der Waals surface area contributed by atoms with Crippen molar-refractivity contribution < 1.29 is 19.7 Å². The van der Waals surface area contributed by atoms with Crippen molar-refractivity contribution in [2.24, 2.45) is 0 Å². The third-order valence-electron chi connectivity index (χ3n) is 4.12. The number of nitrogens with one attached hydrogen (secondary N) is 2. The Bertz CT molecular complexity index is 1100. The molecule has 16 heteroatoms. The van der Waals surface area contributed by atoms with Crippen LogP contribution in [0.25, 0.3) is 11.2 Å². The number of imidazole rings is 1. The van der Waals surface area contributed by atoms with Crippen LogP contribution in [0.5, 0.6) is 0 Å². The number of fused-ring (bicyclic) bond motifs is 2. The van der Waals surface area contributed by atoms with Crippen LogP contribution in [-0.2, 0) is 16.2 Å².